The van der Waals surface area contributed by atoms with Crippen LogP contribution in [0.5, 0.6) is 0 Å². The number of hydrogen-bond donors (Lipinski definition) is 0. The molecule has 0 spiro atoms. The van der Waals surface area contributed by atoms with Crippen molar-refractivity contribution in [2.45, 2.75) is 6.55 Å². The molecule has 132 valence electrons. The number of benzene rings is 3. The number of fused-ring (bicyclic) bond motifs is 1. The van der Waals surface area contributed by atoms with Gasteiger partial charge in [0.15, 0.2) is 11.5 Å². The van der Waals surface area contributed by atoms with Crippen molar-refractivity contribution in [2.24, 2.45) is 0 Å². The number of Topliss-reactive ketones (excluding diaryl/α,β-unsaturated/α-hetero) is 1. The molecule has 27 heavy (non-hydrogen) atoms. The zero-order valence-corrected chi connectivity index (χ0v) is 15.9. The molecular weight excluding hydrogens is 352 g/mol. The SMILES string of the molecule is C[Si](OC1=CC(=O)c2ccccc2C1=O)(c1ccccc1)c1ccccc1. The van der Waals surface area contributed by atoms with Gasteiger partial charge in [-0.05, 0) is 16.9 Å². The van der Waals surface area contributed by atoms with Gasteiger partial charge >= 0.3 is 8.32 Å². The molecule has 0 N–H and O–H groups in total. The second kappa shape index (κ2) is 6.82. The number of carbonyl (C=O) groups is 2. The molecule has 1 aliphatic carbocycles. The van der Waals surface area contributed by atoms with Crippen molar-refractivity contribution in [3.8, 4) is 0 Å². The van der Waals surface area contributed by atoms with Crippen LogP contribution in [0.2, 0.25) is 6.55 Å². The van der Waals surface area contributed by atoms with Crippen LogP contribution in [0.4, 0.5) is 0 Å². The van der Waals surface area contributed by atoms with E-state index < -0.39 is 8.32 Å². The first kappa shape index (κ1) is 17.2. The Morgan fingerprint density at radius 1 is 0.667 bits per heavy atom. The van der Waals surface area contributed by atoms with E-state index in [4.69, 9.17) is 4.43 Å². The van der Waals surface area contributed by atoms with Crippen LogP contribution in [0.1, 0.15) is 20.7 Å². The summed E-state index contributed by atoms with van der Waals surface area (Å²) in [6, 6.07) is 26.7. The molecule has 0 radical (unpaired) electrons. The lowest BCUT2D eigenvalue weighted by molar-refractivity contribution is 0.0946. The van der Waals surface area contributed by atoms with E-state index in [-0.39, 0.29) is 17.3 Å². The average Bonchev–Trinajstić information content (AvgIpc) is 2.73. The Morgan fingerprint density at radius 2 is 1.15 bits per heavy atom. The third-order valence-corrected chi connectivity index (χ3v) is 8.38. The molecule has 0 heterocycles. The lowest BCUT2D eigenvalue weighted by atomic mass is 9.94. The average molecular weight is 370 g/mol. The van der Waals surface area contributed by atoms with E-state index in [9.17, 15) is 9.59 Å². The summed E-state index contributed by atoms with van der Waals surface area (Å²) in [7, 11) is -2.72. The van der Waals surface area contributed by atoms with E-state index in [1.807, 2.05) is 60.7 Å². The molecule has 3 nitrogen and oxygen atoms in total. The minimum absolute atomic E-state index is 0.126. The van der Waals surface area contributed by atoms with Crippen molar-refractivity contribution < 1.29 is 14.0 Å². The first-order valence-electron chi connectivity index (χ1n) is 8.79. The Bertz CT molecular complexity index is 1000. The molecule has 0 unspecified atom stereocenters. The van der Waals surface area contributed by atoms with Crippen molar-refractivity contribution in [1.29, 1.82) is 0 Å². The zero-order chi connectivity index (χ0) is 18.9. The highest BCUT2D eigenvalue weighted by molar-refractivity contribution is 6.96. The van der Waals surface area contributed by atoms with Gasteiger partial charge in [-0.2, -0.15) is 0 Å². The molecule has 0 aromatic heterocycles. The highest BCUT2D eigenvalue weighted by Gasteiger charge is 2.39. The molecule has 0 aliphatic heterocycles. The lowest BCUT2D eigenvalue weighted by Crippen LogP contribution is -2.58. The normalized spacial score (nSPS) is 13.7. The largest absolute Gasteiger partial charge is 0.532 e. The molecule has 0 fully saturated rings. The Hall–Kier alpha value is -3.24. The molecule has 0 amide bonds. The standard InChI is InChI=1S/C23H18O3Si/c1-27(17-10-4-2-5-11-17,18-12-6-3-7-13-18)26-22-16-21(24)19-14-8-9-15-20(19)23(22)25/h2-16H,1H3. The van der Waals surface area contributed by atoms with E-state index in [2.05, 4.69) is 6.55 Å². The van der Waals surface area contributed by atoms with Crippen LogP contribution in [-0.2, 0) is 4.43 Å². The van der Waals surface area contributed by atoms with Gasteiger partial charge in [0.1, 0.15) is 0 Å². The van der Waals surface area contributed by atoms with Crippen LogP contribution in [0.15, 0.2) is 96.8 Å². The monoisotopic (exact) mass is 370 g/mol. The summed E-state index contributed by atoms with van der Waals surface area (Å²) < 4.78 is 6.42. The van der Waals surface area contributed by atoms with Crippen LogP contribution in [0.25, 0.3) is 0 Å². The van der Waals surface area contributed by atoms with E-state index in [1.165, 1.54) is 6.08 Å². The molecule has 4 heteroatoms. The summed E-state index contributed by atoms with van der Waals surface area (Å²) in [5.74, 6) is -0.311. The van der Waals surface area contributed by atoms with Crippen molar-refractivity contribution in [3.05, 3.63) is 108 Å². The second-order valence-electron chi connectivity index (χ2n) is 6.61. The molecular formula is C23H18O3Si. The Balaban J connectivity index is 1.80. The number of ketones is 2. The van der Waals surface area contributed by atoms with Gasteiger partial charge in [0.05, 0.1) is 0 Å². The highest BCUT2D eigenvalue weighted by atomic mass is 28.4. The van der Waals surface area contributed by atoms with Crippen LogP contribution >= 0.6 is 0 Å². The summed E-state index contributed by atoms with van der Waals surface area (Å²) >= 11 is 0. The predicted molar refractivity (Wildman–Crippen MR) is 108 cm³/mol. The van der Waals surface area contributed by atoms with Crippen LogP contribution in [0.3, 0.4) is 0 Å². The maximum Gasteiger partial charge on any atom is 0.311 e. The summed E-state index contributed by atoms with van der Waals surface area (Å²) in [5.41, 5.74) is 0.829. The Labute approximate surface area is 159 Å². The van der Waals surface area contributed by atoms with Crippen LogP contribution in [-0.4, -0.2) is 19.9 Å². The van der Waals surface area contributed by atoms with Gasteiger partial charge in [-0.3, -0.25) is 9.59 Å². The summed E-state index contributed by atoms with van der Waals surface area (Å²) in [6.45, 7) is 2.05. The summed E-state index contributed by atoms with van der Waals surface area (Å²) in [6.07, 6.45) is 1.34. The van der Waals surface area contributed by atoms with Gasteiger partial charge in [0, 0.05) is 17.2 Å². The Morgan fingerprint density at radius 3 is 1.70 bits per heavy atom. The molecule has 3 aromatic carbocycles. The molecule has 0 saturated carbocycles. The molecule has 0 saturated heterocycles. The van der Waals surface area contributed by atoms with Gasteiger partial charge in [-0.15, -0.1) is 0 Å². The maximum atomic E-state index is 13.0. The summed E-state index contributed by atoms with van der Waals surface area (Å²) in [4.78, 5) is 25.5. The molecule has 0 atom stereocenters. The fourth-order valence-corrected chi connectivity index (χ4v) is 6.20. The molecule has 3 aromatic rings. The lowest BCUT2D eigenvalue weighted by Gasteiger charge is -2.31. The Kier molecular flexibility index (Phi) is 4.34. The highest BCUT2D eigenvalue weighted by Crippen LogP contribution is 2.24. The number of hydrogen-bond acceptors (Lipinski definition) is 3. The van der Waals surface area contributed by atoms with Gasteiger partial charge in [0.25, 0.3) is 0 Å². The first-order chi connectivity index (χ1) is 13.1. The third kappa shape index (κ3) is 3.04. The van der Waals surface area contributed by atoms with E-state index in [0.29, 0.717) is 11.1 Å². The quantitative estimate of drug-likeness (QED) is 0.662. The van der Waals surface area contributed by atoms with Crippen molar-refractivity contribution in [3.63, 3.8) is 0 Å². The minimum Gasteiger partial charge on any atom is -0.532 e. The maximum absolute atomic E-state index is 13.0. The zero-order valence-electron chi connectivity index (χ0n) is 14.9. The van der Waals surface area contributed by atoms with Crippen LogP contribution < -0.4 is 10.4 Å². The van der Waals surface area contributed by atoms with Gasteiger partial charge in [-0.1, -0.05) is 84.9 Å². The van der Waals surface area contributed by atoms with Gasteiger partial charge in [0.2, 0.25) is 5.78 Å². The molecule has 0 bridgehead atoms. The third-order valence-electron chi connectivity index (χ3n) is 4.89. The number of allylic oxidation sites excluding steroid dienone is 2. The van der Waals surface area contributed by atoms with Crippen molar-refractivity contribution in [2.75, 3.05) is 0 Å². The molecule has 4 rings (SSSR count). The van der Waals surface area contributed by atoms with E-state index in [1.54, 1.807) is 24.3 Å². The van der Waals surface area contributed by atoms with E-state index >= 15 is 0 Å². The first-order valence-corrected chi connectivity index (χ1v) is 11.2. The van der Waals surface area contributed by atoms with Crippen LogP contribution in [0, 0.1) is 0 Å². The molecule has 1 aliphatic rings. The smallest absolute Gasteiger partial charge is 0.311 e. The topological polar surface area (TPSA) is 43.4 Å². The van der Waals surface area contributed by atoms with Gasteiger partial charge in [-0.25, -0.2) is 0 Å². The predicted octanol–water partition coefficient (Wildman–Crippen LogP) is 3.36. The number of rotatable bonds is 4. The fourth-order valence-electron chi connectivity index (χ4n) is 3.38. The second-order valence-corrected chi connectivity index (χ2v) is 10.0. The van der Waals surface area contributed by atoms with E-state index in [0.717, 1.165) is 10.4 Å². The minimum atomic E-state index is -2.72. The number of carbonyl (C=O) groups excluding carboxylic acids is 2. The fraction of sp³-hybridized carbons (Fsp3) is 0.0435. The van der Waals surface area contributed by atoms with Crippen molar-refractivity contribution in [1.82, 2.24) is 0 Å². The van der Waals surface area contributed by atoms with Crippen molar-refractivity contribution >= 4 is 30.3 Å². The summed E-state index contributed by atoms with van der Waals surface area (Å²) in [5, 5.41) is 2.08. The van der Waals surface area contributed by atoms with Gasteiger partial charge < -0.3 is 4.43 Å².